The summed E-state index contributed by atoms with van der Waals surface area (Å²) in [6.07, 6.45) is 1.54. The van der Waals surface area contributed by atoms with E-state index in [9.17, 15) is 8.78 Å². The highest BCUT2D eigenvalue weighted by atomic mass is 19.2. The van der Waals surface area contributed by atoms with Crippen LogP contribution in [-0.4, -0.2) is 9.97 Å². The quantitative estimate of drug-likeness (QED) is 0.891. The van der Waals surface area contributed by atoms with Crippen LogP contribution >= 0.6 is 0 Å². The number of nitrogens with two attached hydrogens (primary N) is 1. The summed E-state index contributed by atoms with van der Waals surface area (Å²) in [7, 11) is 0. The van der Waals surface area contributed by atoms with Gasteiger partial charge in [-0.25, -0.2) is 18.7 Å². The smallest absolute Gasteiger partial charge is 0.182 e. The molecule has 0 saturated carbocycles. The maximum absolute atomic E-state index is 13.5. The third kappa shape index (κ3) is 3.15. The number of nitrogen functional groups attached to an aromatic ring is 1. The van der Waals surface area contributed by atoms with Gasteiger partial charge in [-0.2, -0.15) is 0 Å². The van der Waals surface area contributed by atoms with Crippen molar-refractivity contribution in [3.05, 3.63) is 41.7 Å². The van der Waals surface area contributed by atoms with Crippen LogP contribution in [0.5, 0.6) is 0 Å². The first kappa shape index (κ1) is 13.2. The molecule has 2 aromatic rings. The fourth-order valence-electron chi connectivity index (χ4n) is 1.66. The van der Waals surface area contributed by atoms with Gasteiger partial charge in [0, 0.05) is 12.5 Å². The van der Waals surface area contributed by atoms with Crippen molar-refractivity contribution in [2.24, 2.45) is 0 Å². The number of aromatic nitrogens is 2. The van der Waals surface area contributed by atoms with Crippen molar-refractivity contribution in [1.29, 1.82) is 0 Å². The molecule has 0 saturated heterocycles. The Hall–Kier alpha value is -2.24. The molecule has 19 heavy (non-hydrogen) atoms. The van der Waals surface area contributed by atoms with Gasteiger partial charge in [-0.15, -0.1) is 0 Å². The summed E-state index contributed by atoms with van der Waals surface area (Å²) in [6.45, 7) is 1.99. The van der Waals surface area contributed by atoms with Crippen LogP contribution < -0.4 is 11.1 Å². The average Bonchev–Trinajstić information content (AvgIpc) is 2.35. The lowest BCUT2D eigenvalue weighted by Gasteiger charge is -2.09. The predicted molar refractivity (Wildman–Crippen MR) is 70.1 cm³/mol. The largest absolute Gasteiger partial charge is 0.384 e. The minimum Gasteiger partial charge on any atom is -0.384 e. The van der Waals surface area contributed by atoms with E-state index < -0.39 is 11.6 Å². The molecule has 0 aliphatic carbocycles. The summed E-state index contributed by atoms with van der Waals surface area (Å²) in [4.78, 5) is 8.26. The third-order valence-corrected chi connectivity index (χ3v) is 2.48. The van der Waals surface area contributed by atoms with Crippen molar-refractivity contribution < 1.29 is 8.78 Å². The van der Waals surface area contributed by atoms with Gasteiger partial charge in [0.15, 0.2) is 11.6 Å². The molecule has 0 unspecified atom stereocenters. The van der Waals surface area contributed by atoms with Gasteiger partial charge in [-0.1, -0.05) is 13.0 Å². The highest BCUT2D eigenvalue weighted by Crippen LogP contribution is 2.21. The fourth-order valence-corrected chi connectivity index (χ4v) is 1.66. The fraction of sp³-hybridized carbons (Fsp3) is 0.231. The average molecular weight is 264 g/mol. The van der Waals surface area contributed by atoms with Crippen LogP contribution in [0, 0.1) is 11.6 Å². The number of benzene rings is 1. The zero-order chi connectivity index (χ0) is 13.8. The van der Waals surface area contributed by atoms with Crippen molar-refractivity contribution in [2.75, 3.05) is 11.1 Å². The van der Waals surface area contributed by atoms with E-state index in [1.165, 1.54) is 18.2 Å². The van der Waals surface area contributed by atoms with Gasteiger partial charge in [0.1, 0.15) is 17.5 Å². The molecule has 1 aromatic carbocycles. The van der Waals surface area contributed by atoms with E-state index in [1.807, 2.05) is 6.92 Å². The Morgan fingerprint density at radius 3 is 2.79 bits per heavy atom. The number of aryl methyl sites for hydroxylation is 1. The molecule has 0 spiro atoms. The molecule has 0 atom stereocenters. The summed E-state index contributed by atoms with van der Waals surface area (Å²) in [5.74, 6) is -0.655. The molecule has 4 nitrogen and oxygen atoms in total. The third-order valence-electron chi connectivity index (χ3n) is 2.48. The number of anilines is 3. The molecule has 6 heteroatoms. The predicted octanol–water partition coefficient (Wildman–Crippen LogP) is 3.03. The van der Waals surface area contributed by atoms with Crippen LogP contribution in [0.2, 0.25) is 0 Å². The maximum atomic E-state index is 13.5. The lowest BCUT2D eigenvalue weighted by atomic mass is 10.3. The van der Waals surface area contributed by atoms with E-state index in [2.05, 4.69) is 15.3 Å². The molecule has 1 aromatic heterocycles. The Bertz CT molecular complexity index is 587. The molecule has 100 valence electrons. The number of halogens is 2. The zero-order valence-electron chi connectivity index (χ0n) is 10.5. The van der Waals surface area contributed by atoms with E-state index in [4.69, 9.17) is 5.73 Å². The first-order valence-electron chi connectivity index (χ1n) is 5.94. The van der Waals surface area contributed by atoms with Crippen LogP contribution in [0.3, 0.4) is 0 Å². The molecule has 1 heterocycles. The standard InChI is InChI=1S/C13H14F2N4/c1-2-4-11-18-10(16)7-12(19-11)17-9-6-3-5-8(14)13(9)15/h3,5-7H,2,4H2,1H3,(H3,16,17,18,19). The van der Waals surface area contributed by atoms with Gasteiger partial charge in [0.2, 0.25) is 0 Å². The summed E-state index contributed by atoms with van der Waals surface area (Å²) in [5, 5.41) is 2.71. The van der Waals surface area contributed by atoms with Crippen molar-refractivity contribution in [1.82, 2.24) is 9.97 Å². The summed E-state index contributed by atoms with van der Waals surface area (Å²) < 4.78 is 26.6. The first-order valence-corrected chi connectivity index (χ1v) is 5.94. The summed E-state index contributed by atoms with van der Waals surface area (Å²) in [5.41, 5.74) is 5.67. The van der Waals surface area contributed by atoms with E-state index >= 15 is 0 Å². The summed E-state index contributed by atoms with van der Waals surface area (Å²) in [6, 6.07) is 5.37. The lowest BCUT2D eigenvalue weighted by Crippen LogP contribution is -2.04. The number of nitrogens with one attached hydrogen (secondary N) is 1. The van der Waals surface area contributed by atoms with Gasteiger partial charge in [0.25, 0.3) is 0 Å². The molecule has 0 aliphatic rings. The molecular formula is C13H14F2N4. The zero-order valence-corrected chi connectivity index (χ0v) is 10.5. The van der Waals surface area contributed by atoms with Crippen LogP contribution in [-0.2, 0) is 6.42 Å². The van der Waals surface area contributed by atoms with E-state index in [1.54, 1.807) is 0 Å². The number of rotatable bonds is 4. The van der Waals surface area contributed by atoms with E-state index in [-0.39, 0.29) is 11.5 Å². The second kappa shape index (κ2) is 5.60. The van der Waals surface area contributed by atoms with Crippen LogP contribution in [0.25, 0.3) is 0 Å². The van der Waals surface area contributed by atoms with Gasteiger partial charge in [-0.3, -0.25) is 0 Å². The number of hydrogen-bond donors (Lipinski definition) is 2. The normalized spacial score (nSPS) is 10.5. The Morgan fingerprint density at radius 1 is 1.26 bits per heavy atom. The lowest BCUT2D eigenvalue weighted by molar-refractivity contribution is 0.511. The molecule has 3 N–H and O–H groups in total. The molecule has 0 radical (unpaired) electrons. The second-order valence-electron chi connectivity index (χ2n) is 4.07. The Labute approximate surface area is 109 Å². The monoisotopic (exact) mass is 264 g/mol. The molecule has 0 fully saturated rings. The second-order valence-corrected chi connectivity index (χ2v) is 4.07. The van der Waals surface area contributed by atoms with Gasteiger partial charge in [-0.05, 0) is 18.6 Å². The first-order chi connectivity index (χ1) is 9.10. The van der Waals surface area contributed by atoms with Crippen molar-refractivity contribution >= 4 is 17.3 Å². The Balaban J connectivity index is 2.30. The molecule has 2 rings (SSSR count). The highest BCUT2D eigenvalue weighted by Gasteiger charge is 2.09. The van der Waals surface area contributed by atoms with Crippen molar-refractivity contribution in [2.45, 2.75) is 19.8 Å². The highest BCUT2D eigenvalue weighted by molar-refractivity contribution is 5.59. The summed E-state index contributed by atoms with van der Waals surface area (Å²) >= 11 is 0. The number of nitrogens with zero attached hydrogens (tertiary/aromatic N) is 2. The van der Waals surface area contributed by atoms with Gasteiger partial charge >= 0.3 is 0 Å². The van der Waals surface area contributed by atoms with Crippen molar-refractivity contribution in [3.8, 4) is 0 Å². The molecular weight excluding hydrogens is 250 g/mol. The van der Waals surface area contributed by atoms with Crippen molar-refractivity contribution in [3.63, 3.8) is 0 Å². The van der Waals surface area contributed by atoms with E-state index in [0.717, 1.165) is 12.5 Å². The topological polar surface area (TPSA) is 63.8 Å². The Kier molecular flexibility index (Phi) is 3.89. The maximum Gasteiger partial charge on any atom is 0.182 e. The van der Waals surface area contributed by atoms with E-state index in [0.29, 0.717) is 18.1 Å². The molecule has 0 amide bonds. The van der Waals surface area contributed by atoms with Crippen LogP contribution in [0.1, 0.15) is 19.2 Å². The minimum absolute atomic E-state index is 0.0144. The van der Waals surface area contributed by atoms with Crippen LogP contribution in [0.15, 0.2) is 24.3 Å². The Morgan fingerprint density at radius 2 is 2.05 bits per heavy atom. The van der Waals surface area contributed by atoms with Gasteiger partial charge in [0.05, 0.1) is 5.69 Å². The SMILES string of the molecule is CCCc1nc(N)cc(Nc2cccc(F)c2F)n1. The van der Waals surface area contributed by atoms with Crippen LogP contribution in [0.4, 0.5) is 26.1 Å². The minimum atomic E-state index is -0.947. The number of hydrogen-bond acceptors (Lipinski definition) is 4. The van der Waals surface area contributed by atoms with Gasteiger partial charge < -0.3 is 11.1 Å². The molecule has 0 bridgehead atoms. The molecule has 0 aliphatic heterocycles.